The number of carbonyl (C=O) groups is 1. The molecular formula is C20H21N3O3. The lowest BCUT2D eigenvalue weighted by Crippen LogP contribution is -2.25. The summed E-state index contributed by atoms with van der Waals surface area (Å²) in [6.45, 7) is 3.67. The predicted octanol–water partition coefficient (Wildman–Crippen LogP) is 2.89. The zero-order chi connectivity index (χ0) is 18.7. The molecule has 0 aliphatic heterocycles. The van der Waals surface area contributed by atoms with Crippen molar-refractivity contribution in [3.63, 3.8) is 0 Å². The maximum atomic E-state index is 12.6. The number of benzene rings is 1. The molecule has 0 bridgehead atoms. The van der Waals surface area contributed by atoms with Crippen LogP contribution < -0.4 is 15.6 Å². The number of aryl methyl sites for hydroxylation is 3. The van der Waals surface area contributed by atoms with Crippen molar-refractivity contribution in [3.05, 3.63) is 69.8 Å². The van der Waals surface area contributed by atoms with Gasteiger partial charge in [-0.25, -0.2) is 4.98 Å². The van der Waals surface area contributed by atoms with Gasteiger partial charge in [0.1, 0.15) is 17.1 Å². The van der Waals surface area contributed by atoms with Crippen molar-refractivity contribution in [1.82, 2.24) is 9.38 Å². The quantitative estimate of drug-likeness (QED) is 0.767. The van der Waals surface area contributed by atoms with Crippen molar-refractivity contribution in [1.29, 1.82) is 0 Å². The van der Waals surface area contributed by atoms with Crippen LogP contribution in [0, 0.1) is 13.8 Å². The molecule has 1 N–H and O–H groups in total. The molecule has 26 heavy (non-hydrogen) atoms. The monoisotopic (exact) mass is 351 g/mol. The summed E-state index contributed by atoms with van der Waals surface area (Å²) >= 11 is 0. The minimum absolute atomic E-state index is 0.213. The van der Waals surface area contributed by atoms with Gasteiger partial charge in [-0.1, -0.05) is 12.1 Å². The SMILES string of the molecule is COc1ccc(CCC(=O)Nc2c(C)nc3cc(C)ccn3c2=O)cc1. The van der Waals surface area contributed by atoms with E-state index >= 15 is 0 Å². The second-order valence-electron chi connectivity index (χ2n) is 6.21. The lowest BCUT2D eigenvalue weighted by Gasteiger charge is -2.10. The summed E-state index contributed by atoms with van der Waals surface area (Å²) in [6, 6.07) is 11.2. The fraction of sp³-hybridized carbons (Fsp3) is 0.250. The first kappa shape index (κ1) is 17.7. The molecule has 0 saturated heterocycles. The Bertz CT molecular complexity index is 1010. The molecule has 2 heterocycles. The number of rotatable bonds is 5. The summed E-state index contributed by atoms with van der Waals surface area (Å²) in [6.07, 6.45) is 2.53. The molecule has 0 saturated carbocycles. The van der Waals surface area contributed by atoms with E-state index in [-0.39, 0.29) is 23.6 Å². The second-order valence-corrected chi connectivity index (χ2v) is 6.21. The van der Waals surface area contributed by atoms with Crippen LogP contribution in [-0.2, 0) is 11.2 Å². The van der Waals surface area contributed by atoms with Gasteiger partial charge in [-0.05, 0) is 55.7 Å². The van der Waals surface area contributed by atoms with Gasteiger partial charge in [-0.3, -0.25) is 14.0 Å². The number of anilines is 1. The molecule has 3 aromatic rings. The average Bonchev–Trinajstić information content (AvgIpc) is 2.63. The number of nitrogens with zero attached hydrogens (tertiary/aromatic N) is 2. The largest absolute Gasteiger partial charge is 0.497 e. The number of ether oxygens (including phenoxy) is 1. The van der Waals surface area contributed by atoms with E-state index in [0.29, 0.717) is 17.8 Å². The molecule has 0 unspecified atom stereocenters. The van der Waals surface area contributed by atoms with Gasteiger partial charge in [0.2, 0.25) is 5.91 Å². The Hall–Kier alpha value is -3.15. The van der Waals surface area contributed by atoms with Gasteiger partial charge in [-0.2, -0.15) is 0 Å². The molecular weight excluding hydrogens is 330 g/mol. The van der Waals surface area contributed by atoms with Crippen LogP contribution >= 0.6 is 0 Å². The van der Waals surface area contributed by atoms with E-state index in [9.17, 15) is 9.59 Å². The molecule has 134 valence electrons. The van der Waals surface area contributed by atoms with Crippen LogP contribution in [0.15, 0.2) is 47.4 Å². The van der Waals surface area contributed by atoms with Crippen LogP contribution in [0.1, 0.15) is 23.2 Å². The zero-order valence-electron chi connectivity index (χ0n) is 15.1. The first-order valence-electron chi connectivity index (χ1n) is 8.40. The number of methoxy groups -OCH3 is 1. The normalized spacial score (nSPS) is 10.7. The maximum absolute atomic E-state index is 12.6. The molecule has 0 spiro atoms. The second kappa shape index (κ2) is 7.39. The van der Waals surface area contributed by atoms with Crippen molar-refractivity contribution in [3.8, 4) is 5.75 Å². The summed E-state index contributed by atoms with van der Waals surface area (Å²) in [5.41, 5.74) is 3.09. The topological polar surface area (TPSA) is 72.7 Å². The van der Waals surface area contributed by atoms with E-state index in [1.165, 1.54) is 4.40 Å². The molecule has 0 radical (unpaired) electrons. The van der Waals surface area contributed by atoms with Crippen LogP contribution in [0.3, 0.4) is 0 Å². The number of amides is 1. The Labute approximate surface area is 151 Å². The number of carbonyl (C=O) groups excluding carboxylic acids is 1. The first-order valence-corrected chi connectivity index (χ1v) is 8.40. The van der Waals surface area contributed by atoms with Crippen molar-refractivity contribution in [2.24, 2.45) is 0 Å². The van der Waals surface area contributed by atoms with Crippen molar-refractivity contribution >= 4 is 17.2 Å². The van der Waals surface area contributed by atoms with Crippen LogP contribution in [0.2, 0.25) is 0 Å². The molecule has 1 amide bonds. The molecule has 1 aromatic carbocycles. The smallest absolute Gasteiger partial charge is 0.281 e. The van der Waals surface area contributed by atoms with Crippen molar-refractivity contribution in [2.45, 2.75) is 26.7 Å². The maximum Gasteiger partial charge on any atom is 0.281 e. The third-order valence-corrected chi connectivity index (χ3v) is 4.23. The Morgan fingerprint density at radius 3 is 2.62 bits per heavy atom. The number of hydrogen-bond acceptors (Lipinski definition) is 4. The highest BCUT2D eigenvalue weighted by molar-refractivity contribution is 5.91. The molecule has 0 atom stereocenters. The number of fused-ring (bicyclic) bond motifs is 1. The van der Waals surface area contributed by atoms with Crippen LogP contribution in [-0.4, -0.2) is 22.4 Å². The molecule has 0 aliphatic carbocycles. The van der Waals surface area contributed by atoms with E-state index in [1.807, 2.05) is 43.3 Å². The van der Waals surface area contributed by atoms with Gasteiger partial charge >= 0.3 is 0 Å². The van der Waals surface area contributed by atoms with Crippen LogP contribution in [0.25, 0.3) is 5.65 Å². The third-order valence-electron chi connectivity index (χ3n) is 4.23. The highest BCUT2D eigenvalue weighted by Gasteiger charge is 2.13. The van der Waals surface area contributed by atoms with E-state index in [4.69, 9.17) is 4.74 Å². The fourth-order valence-corrected chi connectivity index (χ4v) is 2.75. The van der Waals surface area contributed by atoms with Gasteiger partial charge in [0.05, 0.1) is 12.8 Å². The summed E-state index contributed by atoms with van der Waals surface area (Å²) in [5, 5.41) is 2.72. The summed E-state index contributed by atoms with van der Waals surface area (Å²) < 4.78 is 6.56. The predicted molar refractivity (Wildman–Crippen MR) is 101 cm³/mol. The van der Waals surface area contributed by atoms with Gasteiger partial charge in [0.15, 0.2) is 0 Å². The Morgan fingerprint density at radius 2 is 1.92 bits per heavy atom. The van der Waals surface area contributed by atoms with Gasteiger partial charge < -0.3 is 10.1 Å². The summed E-state index contributed by atoms with van der Waals surface area (Å²) in [4.78, 5) is 29.3. The molecule has 0 fully saturated rings. The lowest BCUT2D eigenvalue weighted by atomic mass is 10.1. The minimum Gasteiger partial charge on any atom is -0.497 e. The van der Waals surface area contributed by atoms with Gasteiger partial charge in [-0.15, -0.1) is 0 Å². The molecule has 2 aromatic heterocycles. The van der Waals surface area contributed by atoms with Gasteiger partial charge in [0.25, 0.3) is 5.56 Å². The Balaban J connectivity index is 1.74. The minimum atomic E-state index is -0.273. The van der Waals surface area contributed by atoms with Crippen LogP contribution in [0.5, 0.6) is 5.75 Å². The van der Waals surface area contributed by atoms with Crippen LogP contribution in [0.4, 0.5) is 5.69 Å². The zero-order valence-corrected chi connectivity index (χ0v) is 15.1. The molecule has 0 aliphatic rings. The highest BCUT2D eigenvalue weighted by Crippen LogP contribution is 2.14. The molecule has 6 heteroatoms. The molecule has 6 nitrogen and oxygen atoms in total. The number of pyridine rings is 1. The average molecular weight is 351 g/mol. The lowest BCUT2D eigenvalue weighted by molar-refractivity contribution is -0.116. The number of hydrogen-bond donors (Lipinski definition) is 1. The van der Waals surface area contributed by atoms with E-state index < -0.39 is 0 Å². The Morgan fingerprint density at radius 1 is 1.19 bits per heavy atom. The standard InChI is InChI=1S/C20H21N3O3/c1-13-10-11-23-17(12-13)21-14(2)19(20(23)25)22-18(24)9-6-15-4-7-16(26-3)8-5-15/h4-5,7-8,10-12H,6,9H2,1-3H3,(H,22,24). The fourth-order valence-electron chi connectivity index (χ4n) is 2.75. The third kappa shape index (κ3) is 3.74. The first-order chi connectivity index (χ1) is 12.5. The van der Waals surface area contributed by atoms with E-state index in [2.05, 4.69) is 10.3 Å². The summed E-state index contributed by atoms with van der Waals surface area (Å²) in [7, 11) is 1.61. The molecule has 3 rings (SSSR count). The van der Waals surface area contributed by atoms with Gasteiger partial charge in [0, 0.05) is 12.6 Å². The highest BCUT2D eigenvalue weighted by atomic mass is 16.5. The Kier molecular flexibility index (Phi) is 5.02. The number of aromatic nitrogens is 2. The van der Waals surface area contributed by atoms with Crippen molar-refractivity contribution in [2.75, 3.05) is 12.4 Å². The van der Waals surface area contributed by atoms with Crippen molar-refractivity contribution < 1.29 is 9.53 Å². The number of nitrogens with one attached hydrogen (secondary N) is 1. The summed E-state index contributed by atoms with van der Waals surface area (Å²) in [5.74, 6) is 0.564. The van der Waals surface area contributed by atoms with E-state index in [0.717, 1.165) is 16.9 Å². The van der Waals surface area contributed by atoms with E-state index in [1.54, 1.807) is 20.2 Å².